The summed E-state index contributed by atoms with van der Waals surface area (Å²) in [5.41, 5.74) is 5.90. The van der Waals surface area contributed by atoms with E-state index < -0.39 is 17.7 Å². The molecule has 0 spiro atoms. The SMILES string of the molecule is CCCC(C)(C)C1CCN(C(=O)C(=O)Nc2cncc(C(N)=O)c2)CC1. The van der Waals surface area contributed by atoms with E-state index in [0.717, 1.165) is 25.7 Å². The highest BCUT2D eigenvalue weighted by Crippen LogP contribution is 2.38. The normalized spacial score (nSPS) is 15.6. The first-order valence-electron chi connectivity index (χ1n) is 9.09. The Labute approximate surface area is 154 Å². The van der Waals surface area contributed by atoms with Gasteiger partial charge < -0.3 is 16.0 Å². The molecule has 1 aliphatic heterocycles. The molecule has 0 aliphatic carbocycles. The second-order valence-corrected chi connectivity index (χ2v) is 7.59. The van der Waals surface area contributed by atoms with Crippen molar-refractivity contribution in [2.45, 2.75) is 46.5 Å². The lowest BCUT2D eigenvalue weighted by molar-refractivity contribution is -0.144. The number of nitrogens with one attached hydrogen (secondary N) is 1. The van der Waals surface area contributed by atoms with Crippen LogP contribution >= 0.6 is 0 Å². The predicted molar refractivity (Wildman–Crippen MR) is 99.4 cm³/mol. The van der Waals surface area contributed by atoms with Crippen molar-refractivity contribution < 1.29 is 14.4 Å². The van der Waals surface area contributed by atoms with Crippen molar-refractivity contribution in [3.05, 3.63) is 24.0 Å². The topological polar surface area (TPSA) is 105 Å². The van der Waals surface area contributed by atoms with Gasteiger partial charge >= 0.3 is 11.8 Å². The fraction of sp³-hybridized carbons (Fsp3) is 0.579. The second-order valence-electron chi connectivity index (χ2n) is 7.59. The van der Waals surface area contributed by atoms with Crippen molar-refractivity contribution in [2.75, 3.05) is 18.4 Å². The molecule has 3 N–H and O–H groups in total. The maximum atomic E-state index is 12.4. The Kier molecular flexibility index (Phi) is 6.34. The highest BCUT2D eigenvalue weighted by molar-refractivity contribution is 6.39. The van der Waals surface area contributed by atoms with Gasteiger partial charge in [-0.05, 0) is 36.7 Å². The summed E-state index contributed by atoms with van der Waals surface area (Å²) in [6.45, 7) is 7.92. The molecule has 1 aliphatic rings. The van der Waals surface area contributed by atoms with E-state index in [4.69, 9.17) is 5.73 Å². The molecular weight excluding hydrogens is 332 g/mol. The zero-order valence-electron chi connectivity index (χ0n) is 15.7. The van der Waals surface area contributed by atoms with Crippen LogP contribution in [-0.2, 0) is 9.59 Å². The van der Waals surface area contributed by atoms with Gasteiger partial charge in [0.1, 0.15) is 0 Å². The fourth-order valence-electron chi connectivity index (χ4n) is 3.68. The third-order valence-corrected chi connectivity index (χ3v) is 5.26. The first-order chi connectivity index (χ1) is 12.2. The fourth-order valence-corrected chi connectivity index (χ4v) is 3.68. The molecule has 142 valence electrons. The average Bonchev–Trinajstić information content (AvgIpc) is 2.61. The number of carbonyl (C=O) groups is 3. The van der Waals surface area contributed by atoms with Crippen LogP contribution in [0.15, 0.2) is 18.5 Å². The Morgan fingerprint density at radius 1 is 1.27 bits per heavy atom. The number of anilines is 1. The third-order valence-electron chi connectivity index (χ3n) is 5.26. The molecule has 1 aromatic rings. The Bertz CT molecular complexity index is 679. The first-order valence-corrected chi connectivity index (χ1v) is 9.09. The van der Waals surface area contributed by atoms with E-state index in [0.29, 0.717) is 19.0 Å². The summed E-state index contributed by atoms with van der Waals surface area (Å²) in [4.78, 5) is 41.2. The van der Waals surface area contributed by atoms with E-state index in [-0.39, 0.29) is 16.7 Å². The van der Waals surface area contributed by atoms with Crippen molar-refractivity contribution in [2.24, 2.45) is 17.1 Å². The maximum absolute atomic E-state index is 12.4. The lowest BCUT2D eigenvalue weighted by atomic mass is 9.71. The molecule has 0 atom stereocenters. The van der Waals surface area contributed by atoms with E-state index in [1.165, 1.54) is 18.5 Å². The lowest BCUT2D eigenvalue weighted by Gasteiger charge is -2.40. The van der Waals surface area contributed by atoms with E-state index in [9.17, 15) is 14.4 Å². The van der Waals surface area contributed by atoms with Crippen molar-refractivity contribution in [3.8, 4) is 0 Å². The molecule has 0 radical (unpaired) electrons. The van der Waals surface area contributed by atoms with E-state index in [2.05, 4.69) is 31.1 Å². The molecular formula is C19H28N4O3. The third kappa shape index (κ3) is 4.80. The number of nitrogens with two attached hydrogens (primary N) is 1. The standard InChI is InChI=1S/C19H28N4O3/c1-4-7-19(2,3)14-5-8-23(9-6-14)18(26)17(25)22-15-10-13(16(20)24)11-21-12-15/h10-12,14H,4-9H2,1-3H3,(H2,20,24)(H,22,25). The maximum Gasteiger partial charge on any atom is 0.313 e. The molecule has 0 saturated carbocycles. The van der Waals surface area contributed by atoms with Crippen molar-refractivity contribution in [1.29, 1.82) is 0 Å². The van der Waals surface area contributed by atoms with E-state index in [1.807, 2.05) is 0 Å². The molecule has 1 aromatic heterocycles. The molecule has 1 fully saturated rings. The predicted octanol–water partition coefficient (Wildman–Crippen LogP) is 2.18. The van der Waals surface area contributed by atoms with Crippen LogP contribution in [0.5, 0.6) is 0 Å². The lowest BCUT2D eigenvalue weighted by Crippen LogP contribution is -2.46. The van der Waals surface area contributed by atoms with Gasteiger partial charge in [0.2, 0.25) is 5.91 Å². The van der Waals surface area contributed by atoms with Gasteiger partial charge in [-0.3, -0.25) is 19.4 Å². The van der Waals surface area contributed by atoms with Crippen molar-refractivity contribution in [3.63, 3.8) is 0 Å². The van der Waals surface area contributed by atoms with Crippen molar-refractivity contribution in [1.82, 2.24) is 9.88 Å². The quantitative estimate of drug-likeness (QED) is 0.785. The van der Waals surface area contributed by atoms with Gasteiger partial charge in [0.05, 0.1) is 17.4 Å². The highest BCUT2D eigenvalue weighted by atomic mass is 16.2. The summed E-state index contributed by atoms with van der Waals surface area (Å²) >= 11 is 0. The molecule has 7 nitrogen and oxygen atoms in total. The molecule has 0 bridgehead atoms. The van der Waals surface area contributed by atoms with Gasteiger partial charge in [-0.1, -0.05) is 27.2 Å². The van der Waals surface area contributed by atoms with Crippen LogP contribution in [0, 0.1) is 11.3 Å². The monoisotopic (exact) mass is 360 g/mol. The van der Waals surface area contributed by atoms with Crippen LogP contribution in [-0.4, -0.2) is 40.7 Å². The largest absolute Gasteiger partial charge is 0.366 e. The van der Waals surface area contributed by atoms with Crippen LogP contribution in [0.3, 0.4) is 0 Å². The molecule has 26 heavy (non-hydrogen) atoms. The molecule has 7 heteroatoms. The number of pyridine rings is 1. The number of nitrogens with zero attached hydrogens (tertiary/aromatic N) is 2. The number of rotatable bonds is 5. The highest BCUT2D eigenvalue weighted by Gasteiger charge is 2.34. The van der Waals surface area contributed by atoms with Gasteiger partial charge in [0, 0.05) is 19.3 Å². The summed E-state index contributed by atoms with van der Waals surface area (Å²) in [5.74, 6) is -1.36. The molecule has 1 saturated heterocycles. The number of carbonyl (C=O) groups excluding carboxylic acids is 3. The average molecular weight is 360 g/mol. The smallest absolute Gasteiger partial charge is 0.313 e. The number of amides is 3. The Balaban J connectivity index is 1.93. The summed E-state index contributed by atoms with van der Waals surface area (Å²) < 4.78 is 0. The summed E-state index contributed by atoms with van der Waals surface area (Å²) in [5, 5.41) is 2.50. The Morgan fingerprint density at radius 3 is 2.50 bits per heavy atom. The van der Waals surface area contributed by atoms with Gasteiger partial charge in [0.25, 0.3) is 0 Å². The van der Waals surface area contributed by atoms with Gasteiger partial charge in [-0.25, -0.2) is 0 Å². The van der Waals surface area contributed by atoms with Crippen LogP contribution in [0.25, 0.3) is 0 Å². The second kappa shape index (κ2) is 8.29. The molecule has 0 unspecified atom stereocenters. The zero-order chi connectivity index (χ0) is 19.3. The summed E-state index contributed by atoms with van der Waals surface area (Å²) in [6.07, 6.45) is 6.80. The number of aromatic nitrogens is 1. The van der Waals surface area contributed by atoms with E-state index in [1.54, 1.807) is 4.90 Å². The molecule has 2 heterocycles. The number of primary amides is 1. The number of hydrogen-bond acceptors (Lipinski definition) is 4. The summed E-state index contributed by atoms with van der Waals surface area (Å²) in [6, 6.07) is 1.40. The molecule has 2 rings (SSSR count). The first kappa shape index (κ1) is 19.9. The minimum absolute atomic E-state index is 0.175. The number of hydrogen-bond donors (Lipinski definition) is 2. The molecule has 3 amide bonds. The van der Waals surface area contributed by atoms with Crippen LogP contribution in [0.4, 0.5) is 5.69 Å². The Hall–Kier alpha value is -2.44. The van der Waals surface area contributed by atoms with Gasteiger partial charge in [0.15, 0.2) is 0 Å². The van der Waals surface area contributed by atoms with Crippen molar-refractivity contribution >= 4 is 23.4 Å². The van der Waals surface area contributed by atoms with Crippen LogP contribution in [0.2, 0.25) is 0 Å². The minimum atomic E-state index is -0.723. The number of likely N-dealkylation sites (tertiary alicyclic amines) is 1. The van der Waals surface area contributed by atoms with Crippen LogP contribution in [0.1, 0.15) is 56.8 Å². The van der Waals surface area contributed by atoms with Gasteiger partial charge in [-0.2, -0.15) is 0 Å². The zero-order valence-corrected chi connectivity index (χ0v) is 15.7. The summed E-state index contributed by atoms with van der Waals surface area (Å²) in [7, 11) is 0. The van der Waals surface area contributed by atoms with E-state index >= 15 is 0 Å². The van der Waals surface area contributed by atoms with Crippen LogP contribution < -0.4 is 11.1 Å². The minimum Gasteiger partial charge on any atom is -0.366 e. The Morgan fingerprint density at radius 2 is 1.92 bits per heavy atom. The number of piperidine rings is 1. The molecule has 0 aromatic carbocycles. The van der Waals surface area contributed by atoms with Gasteiger partial charge in [-0.15, -0.1) is 0 Å².